The molecule has 3 atom stereocenters. The molecule has 0 aliphatic carbocycles. The molecule has 7 heteroatoms. The maximum absolute atomic E-state index is 12.8. The number of aliphatic hydroxyl groups excluding tert-OH is 1. The molecule has 3 rings (SSSR count). The van der Waals surface area contributed by atoms with Gasteiger partial charge in [0.1, 0.15) is 0 Å². The van der Waals surface area contributed by atoms with Gasteiger partial charge in [0, 0.05) is 18.7 Å². The normalized spacial score (nSPS) is 13.8. The molecule has 1 unspecified atom stereocenters. The fourth-order valence-electron chi connectivity index (χ4n) is 3.48. The minimum absolute atomic E-state index is 0.151. The Morgan fingerprint density at radius 3 is 2.41 bits per heavy atom. The SMILES string of the molecule is Cc1cccc(CNC[C@@H](O)[C@H](Cc2ccccc2)NC(=O)c2cccc(S(=O)O)c2)c1. The van der Waals surface area contributed by atoms with Crippen LogP contribution in [0, 0.1) is 6.92 Å². The van der Waals surface area contributed by atoms with E-state index in [0.717, 1.165) is 11.1 Å². The van der Waals surface area contributed by atoms with E-state index in [0.29, 0.717) is 19.5 Å². The maximum atomic E-state index is 12.8. The number of amides is 1. The molecule has 0 spiro atoms. The summed E-state index contributed by atoms with van der Waals surface area (Å²) in [5.74, 6) is -0.407. The van der Waals surface area contributed by atoms with Crippen LogP contribution in [0.25, 0.3) is 0 Å². The number of aliphatic hydroxyl groups is 1. The third kappa shape index (κ3) is 7.10. The van der Waals surface area contributed by atoms with Crippen molar-refractivity contribution < 1.29 is 18.7 Å². The van der Waals surface area contributed by atoms with Crippen molar-refractivity contribution in [1.29, 1.82) is 0 Å². The molecule has 0 heterocycles. The van der Waals surface area contributed by atoms with Gasteiger partial charge in [0.05, 0.1) is 17.0 Å². The summed E-state index contributed by atoms with van der Waals surface area (Å²) in [5, 5.41) is 17.0. The van der Waals surface area contributed by atoms with Crippen molar-refractivity contribution in [1.82, 2.24) is 10.6 Å². The smallest absolute Gasteiger partial charge is 0.251 e. The van der Waals surface area contributed by atoms with Crippen molar-refractivity contribution in [2.45, 2.75) is 36.9 Å². The lowest BCUT2D eigenvalue weighted by atomic mass is 10.0. The fourth-order valence-corrected chi connectivity index (χ4v) is 3.90. The minimum Gasteiger partial charge on any atom is -0.390 e. The number of benzene rings is 3. The lowest BCUT2D eigenvalue weighted by Crippen LogP contribution is -2.48. The van der Waals surface area contributed by atoms with Crippen LogP contribution in [0.3, 0.4) is 0 Å². The van der Waals surface area contributed by atoms with Crippen LogP contribution in [0.1, 0.15) is 27.0 Å². The highest BCUT2D eigenvalue weighted by atomic mass is 32.2. The molecule has 0 aromatic heterocycles. The highest BCUT2D eigenvalue weighted by molar-refractivity contribution is 7.79. The lowest BCUT2D eigenvalue weighted by molar-refractivity contribution is 0.0829. The highest BCUT2D eigenvalue weighted by Crippen LogP contribution is 2.12. The molecule has 0 radical (unpaired) electrons. The highest BCUT2D eigenvalue weighted by Gasteiger charge is 2.22. The Kier molecular flexibility index (Phi) is 8.70. The van der Waals surface area contributed by atoms with Crippen molar-refractivity contribution in [2.24, 2.45) is 0 Å². The number of carbonyl (C=O) groups excluding carboxylic acids is 1. The zero-order valence-corrected chi connectivity index (χ0v) is 18.7. The third-order valence-electron chi connectivity index (χ3n) is 5.14. The molecule has 1 amide bonds. The van der Waals surface area contributed by atoms with E-state index in [-0.39, 0.29) is 10.5 Å². The van der Waals surface area contributed by atoms with Gasteiger partial charge in [0.25, 0.3) is 5.91 Å². The van der Waals surface area contributed by atoms with Gasteiger partial charge in [0.15, 0.2) is 11.1 Å². The first-order valence-electron chi connectivity index (χ1n) is 10.4. The zero-order chi connectivity index (χ0) is 22.9. The molecular weight excluding hydrogens is 424 g/mol. The summed E-state index contributed by atoms with van der Waals surface area (Å²) in [7, 11) is 0. The molecule has 0 saturated heterocycles. The molecule has 0 fully saturated rings. The van der Waals surface area contributed by atoms with Crippen LogP contribution in [0.2, 0.25) is 0 Å². The summed E-state index contributed by atoms with van der Waals surface area (Å²) in [5.41, 5.74) is 3.54. The van der Waals surface area contributed by atoms with Gasteiger partial charge in [-0.15, -0.1) is 0 Å². The Morgan fingerprint density at radius 1 is 0.969 bits per heavy atom. The van der Waals surface area contributed by atoms with Gasteiger partial charge in [0.2, 0.25) is 0 Å². The van der Waals surface area contributed by atoms with Crippen LogP contribution in [0.5, 0.6) is 0 Å². The number of nitrogens with one attached hydrogen (secondary N) is 2. The van der Waals surface area contributed by atoms with Crippen LogP contribution in [0.4, 0.5) is 0 Å². The van der Waals surface area contributed by atoms with Crippen molar-refractivity contribution >= 4 is 17.0 Å². The summed E-state index contributed by atoms with van der Waals surface area (Å²) in [4.78, 5) is 13.0. The number of hydrogen-bond donors (Lipinski definition) is 4. The quantitative estimate of drug-likeness (QED) is 0.355. The molecule has 0 aliphatic rings. The van der Waals surface area contributed by atoms with Crippen molar-refractivity contribution in [3.63, 3.8) is 0 Å². The predicted molar refractivity (Wildman–Crippen MR) is 126 cm³/mol. The maximum Gasteiger partial charge on any atom is 0.251 e. The number of carbonyl (C=O) groups is 1. The van der Waals surface area contributed by atoms with E-state index >= 15 is 0 Å². The van der Waals surface area contributed by atoms with E-state index in [1.54, 1.807) is 12.1 Å². The van der Waals surface area contributed by atoms with E-state index < -0.39 is 29.1 Å². The van der Waals surface area contributed by atoms with E-state index in [9.17, 15) is 18.7 Å². The van der Waals surface area contributed by atoms with E-state index in [1.165, 1.54) is 17.7 Å². The van der Waals surface area contributed by atoms with Crippen molar-refractivity contribution in [2.75, 3.05) is 6.54 Å². The monoisotopic (exact) mass is 452 g/mol. The topological polar surface area (TPSA) is 98.7 Å². The van der Waals surface area contributed by atoms with Gasteiger partial charge < -0.3 is 20.3 Å². The second-order valence-electron chi connectivity index (χ2n) is 7.73. The number of hydrogen-bond acceptors (Lipinski definition) is 4. The molecule has 0 saturated carbocycles. The zero-order valence-electron chi connectivity index (χ0n) is 17.9. The Balaban J connectivity index is 1.68. The van der Waals surface area contributed by atoms with Crippen LogP contribution in [0.15, 0.2) is 83.8 Å². The molecule has 3 aromatic rings. The summed E-state index contributed by atoms with van der Waals surface area (Å²) in [6, 6.07) is 23.2. The van der Waals surface area contributed by atoms with Crippen LogP contribution < -0.4 is 10.6 Å². The summed E-state index contributed by atoms with van der Waals surface area (Å²) < 4.78 is 20.6. The van der Waals surface area contributed by atoms with Gasteiger partial charge in [-0.05, 0) is 42.7 Å². The first-order chi connectivity index (χ1) is 15.4. The summed E-state index contributed by atoms with van der Waals surface area (Å²) in [6.07, 6.45) is -0.384. The van der Waals surface area contributed by atoms with Crippen molar-refractivity contribution in [3.8, 4) is 0 Å². The van der Waals surface area contributed by atoms with Crippen LogP contribution >= 0.6 is 0 Å². The molecule has 168 valence electrons. The van der Waals surface area contributed by atoms with Gasteiger partial charge in [-0.1, -0.05) is 66.2 Å². The molecule has 3 aromatic carbocycles. The average Bonchev–Trinajstić information content (AvgIpc) is 2.79. The van der Waals surface area contributed by atoms with Gasteiger partial charge in [-0.3, -0.25) is 4.79 Å². The Hall–Kier alpha value is -2.84. The third-order valence-corrected chi connectivity index (χ3v) is 5.80. The largest absolute Gasteiger partial charge is 0.390 e. The molecule has 0 aliphatic heterocycles. The van der Waals surface area contributed by atoms with Crippen LogP contribution in [-0.4, -0.2) is 38.5 Å². The first-order valence-corrected chi connectivity index (χ1v) is 11.5. The molecular formula is C25H28N2O4S. The lowest BCUT2D eigenvalue weighted by Gasteiger charge is -2.25. The summed E-state index contributed by atoms with van der Waals surface area (Å²) >= 11 is -2.17. The van der Waals surface area contributed by atoms with E-state index in [2.05, 4.69) is 16.7 Å². The molecule has 6 nitrogen and oxygen atoms in total. The number of rotatable bonds is 10. The molecule has 4 N–H and O–H groups in total. The molecule has 32 heavy (non-hydrogen) atoms. The predicted octanol–water partition coefficient (Wildman–Crippen LogP) is 3.07. The second kappa shape index (κ2) is 11.7. The molecule has 0 bridgehead atoms. The summed E-state index contributed by atoms with van der Waals surface area (Å²) in [6.45, 7) is 2.94. The Morgan fingerprint density at radius 2 is 1.69 bits per heavy atom. The van der Waals surface area contributed by atoms with Gasteiger partial charge in [-0.25, -0.2) is 4.21 Å². The fraction of sp³-hybridized carbons (Fsp3) is 0.240. The Labute approximate surface area is 191 Å². The number of aryl methyl sites for hydroxylation is 1. The standard InChI is InChI=1S/C25H28N2O4S/c1-18-7-5-10-20(13-18)16-26-17-24(28)23(14-19-8-3-2-4-9-19)27-25(29)21-11-6-12-22(15-21)32(30)31/h2-13,15,23-24,26,28H,14,16-17H2,1H3,(H,27,29)(H,30,31)/t23-,24+/m0/s1. The van der Waals surface area contributed by atoms with Crippen LogP contribution in [-0.2, 0) is 24.0 Å². The van der Waals surface area contributed by atoms with Crippen molar-refractivity contribution in [3.05, 3.63) is 101 Å². The average molecular weight is 453 g/mol. The van der Waals surface area contributed by atoms with Gasteiger partial charge in [-0.2, -0.15) is 0 Å². The first kappa shape index (κ1) is 23.8. The Bertz CT molecular complexity index is 1060. The van der Waals surface area contributed by atoms with E-state index in [4.69, 9.17) is 0 Å². The minimum atomic E-state index is -2.17. The second-order valence-corrected chi connectivity index (χ2v) is 8.70. The van der Waals surface area contributed by atoms with Gasteiger partial charge >= 0.3 is 0 Å². The van der Waals surface area contributed by atoms with E-state index in [1.807, 2.05) is 55.5 Å².